The van der Waals surface area contributed by atoms with Gasteiger partial charge in [0.15, 0.2) is 0 Å². The highest BCUT2D eigenvalue weighted by Gasteiger charge is 2.35. The van der Waals surface area contributed by atoms with Crippen molar-refractivity contribution in [1.82, 2.24) is 0 Å². The van der Waals surface area contributed by atoms with E-state index < -0.39 is 5.92 Å². The first kappa shape index (κ1) is 18.6. The zero-order valence-electron chi connectivity index (χ0n) is 15.5. The van der Waals surface area contributed by atoms with E-state index in [1.54, 1.807) is 49.5 Å². The summed E-state index contributed by atoms with van der Waals surface area (Å²) in [6.45, 7) is 0.329. The molecule has 1 aliphatic rings. The molecule has 142 valence electrons. The Balaban J connectivity index is 1.70. The van der Waals surface area contributed by atoms with Gasteiger partial charge in [0.1, 0.15) is 17.2 Å². The lowest BCUT2D eigenvalue weighted by atomic mass is 10.1. The molecule has 1 heterocycles. The number of ether oxygens (including phenoxy) is 3. The minimum Gasteiger partial charge on any atom is -0.497 e. The molecule has 3 rings (SSSR count). The molecule has 1 atom stereocenters. The van der Waals surface area contributed by atoms with Crippen LogP contribution in [0.3, 0.4) is 0 Å². The lowest BCUT2D eigenvalue weighted by molar-refractivity contribution is -0.122. The summed E-state index contributed by atoms with van der Waals surface area (Å²) in [7, 11) is 4.67. The molecular formula is C20H22N2O5. The molecule has 2 aromatic rings. The number of hydrogen-bond donors (Lipinski definition) is 1. The van der Waals surface area contributed by atoms with E-state index in [0.717, 1.165) is 5.69 Å². The number of anilines is 2. The zero-order chi connectivity index (χ0) is 19.4. The van der Waals surface area contributed by atoms with Crippen molar-refractivity contribution >= 4 is 23.2 Å². The van der Waals surface area contributed by atoms with Crippen molar-refractivity contribution in [2.75, 3.05) is 38.1 Å². The number of benzene rings is 2. The second-order valence-electron chi connectivity index (χ2n) is 6.16. The van der Waals surface area contributed by atoms with Crippen LogP contribution in [0.4, 0.5) is 11.4 Å². The molecule has 7 heteroatoms. The number of carbonyl (C=O) groups is 2. The van der Waals surface area contributed by atoms with E-state index in [2.05, 4.69) is 5.32 Å². The van der Waals surface area contributed by atoms with Crippen molar-refractivity contribution in [3.63, 3.8) is 0 Å². The van der Waals surface area contributed by atoms with Gasteiger partial charge >= 0.3 is 0 Å². The van der Waals surface area contributed by atoms with Crippen molar-refractivity contribution in [3.8, 4) is 17.2 Å². The first-order valence-electron chi connectivity index (χ1n) is 8.53. The Morgan fingerprint density at radius 3 is 2.30 bits per heavy atom. The van der Waals surface area contributed by atoms with Gasteiger partial charge in [0, 0.05) is 24.7 Å². The number of rotatable bonds is 6. The Labute approximate surface area is 157 Å². The van der Waals surface area contributed by atoms with E-state index in [1.165, 1.54) is 7.11 Å². The number of hydrogen-bond acceptors (Lipinski definition) is 5. The van der Waals surface area contributed by atoms with E-state index in [9.17, 15) is 9.59 Å². The third kappa shape index (κ3) is 3.97. The summed E-state index contributed by atoms with van der Waals surface area (Å²) in [5.41, 5.74) is 1.29. The van der Waals surface area contributed by atoms with Gasteiger partial charge in [-0.05, 0) is 36.4 Å². The van der Waals surface area contributed by atoms with Gasteiger partial charge < -0.3 is 24.4 Å². The summed E-state index contributed by atoms with van der Waals surface area (Å²) >= 11 is 0. The van der Waals surface area contributed by atoms with Gasteiger partial charge in [0.05, 0.1) is 32.9 Å². The molecule has 2 amide bonds. The van der Waals surface area contributed by atoms with Crippen LogP contribution in [0.2, 0.25) is 0 Å². The van der Waals surface area contributed by atoms with Gasteiger partial charge in [0.25, 0.3) is 0 Å². The Morgan fingerprint density at radius 1 is 1.00 bits per heavy atom. The molecule has 1 aliphatic heterocycles. The maximum Gasteiger partial charge on any atom is 0.229 e. The van der Waals surface area contributed by atoms with E-state index in [1.807, 2.05) is 12.1 Å². The normalized spacial score (nSPS) is 16.2. The summed E-state index contributed by atoms with van der Waals surface area (Å²) in [6, 6.07) is 12.3. The van der Waals surface area contributed by atoms with E-state index in [-0.39, 0.29) is 18.2 Å². The van der Waals surface area contributed by atoms with Gasteiger partial charge in [0.2, 0.25) is 11.8 Å². The van der Waals surface area contributed by atoms with Crippen molar-refractivity contribution < 1.29 is 23.8 Å². The third-order valence-electron chi connectivity index (χ3n) is 4.55. The first-order valence-corrected chi connectivity index (χ1v) is 8.53. The lowest BCUT2D eigenvalue weighted by Gasteiger charge is -2.17. The molecule has 0 aliphatic carbocycles. The molecule has 0 spiro atoms. The molecule has 0 unspecified atom stereocenters. The molecule has 0 bridgehead atoms. The van der Waals surface area contributed by atoms with Gasteiger partial charge in [-0.1, -0.05) is 0 Å². The minimum atomic E-state index is -0.439. The second kappa shape index (κ2) is 7.99. The third-order valence-corrected chi connectivity index (χ3v) is 4.55. The van der Waals surface area contributed by atoms with Crippen LogP contribution in [0.1, 0.15) is 6.42 Å². The molecule has 1 N–H and O–H groups in total. The molecule has 0 aromatic heterocycles. The average Bonchev–Trinajstić information content (AvgIpc) is 3.10. The molecule has 1 saturated heterocycles. The van der Waals surface area contributed by atoms with Crippen molar-refractivity contribution in [2.45, 2.75) is 6.42 Å². The highest BCUT2D eigenvalue weighted by atomic mass is 16.5. The maximum atomic E-state index is 12.7. The number of carbonyl (C=O) groups excluding carboxylic acids is 2. The molecule has 0 saturated carbocycles. The molecule has 27 heavy (non-hydrogen) atoms. The zero-order valence-corrected chi connectivity index (χ0v) is 15.5. The minimum absolute atomic E-state index is 0.0815. The van der Waals surface area contributed by atoms with Crippen molar-refractivity contribution in [3.05, 3.63) is 42.5 Å². The summed E-state index contributed by atoms with van der Waals surface area (Å²) in [4.78, 5) is 26.7. The SMILES string of the molecule is COc1ccc(N2C[C@@H](C(=O)Nc3ccc(OC)cc3OC)CC2=O)cc1. The molecular weight excluding hydrogens is 348 g/mol. The lowest BCUT2D eigenvalue weighted by Crippen LogP contribution is -2.28. The first-order chi connectivity index (χ1) is 13.0. The van der Waals surface area contributed by atoms with Crippen LogP contribution in [0.25, 0.3) is 0 Å². The van der Waals surface area contributed by atoms with E-state index in [0.29, 0.717) is 29.5 Å². The Bertz CT molecular complexity index is 835. The fourth-order valence-corrected chi connectivity index (χ4v) is 3.03. The van der Waals surface area contributed by atoms with Crippen molar-refractivity contribution in [1.29, 1.82) is 0 Å². The smallest absolute Gasteiger partial charge is 0.229 e. The predicted molar refractivity (Wildman–Crippen MR) is 102 cm³/mol. The quantitative estimate of drug-likeness (QED) is 0.846. The highest BCUT2D eigenvalue weighted by Crippen LogP contribution is 2.31. The summed E-state index contributed by atoms with van der Waals surface area (Å²) < 4.78 is 15.6. The molecule has 7 nitrogen and oxygen atoms in total. The average molecular weight is 370 g/mol. The largest absolute Gasteiger partial charge is 0.497 e. The van der Waals surface area contributed by atoms with Gasteiger partial charge in [-0.15, -0.1) is 0 Å². The van der Waals surface area contributed by atoms with Crippen LogP contribution in [-0.2, 0) is 9.59 Å². The second-order valence-corrected chi connectivity index (χ2v) is 6.16. The van der Waals surface area contributed by atoms with Crippen LogP contribution in [0.15, 0.2) is 42.5 Å². The fraction of sp³-hybridized carbons (Fsp3) is 0.300. The van der Waals surface area contributed by atoms with E-state index >= 15 is 0 Å². The number of nitrogens with one attached hydrogen (secondary N) is 1. The van der Waals surface area contributed by atoms with E-state index in [4.69, 9.17) is 14.2 Å². The van der Waals surface area contributed by atoms with Gasteiger partial charge in [-0.2, -0.15) is 0 Å². The van der Waals surface area contributed by atoms with Crippen LogP contribution in [0.5, 0.6) is 17.2 Å². The Kier molecular flexibility index (Phi) is 5.49. The van der Waals surface area contributed by atoms with Gasteiger partial charge in [-0.25, -0.2) is 0 Å². The van der Waals surface area contributed by atoms with Crippen LogP contribution >= 0.6 is 0 Å². The molecule has 0 radical (unpaired) electrons. The predicted octanol–water partition coefficient (Wildman–Crippen LogP) is 2.70. The number of methoxy groups -OCH3 is 3. The highest BCUT2D eigenvalue weighted by molar-refractivity contribution is 6.04. The molecule has 1 fully saturated rings. The summed E-state index contributed by atoms with van der Waals surface area (Å²) in [6.07, 6.45) is 0.163. The fourth-order valence-electron chi connectivity index (χ4n) is 3.03. The number of nitrogens with zero attached hydrogens (tertiary/aromatic N) is 1. The van der Waals surface area contributed by atoms with Crippen LogP contribution in [0, 0.1) is 5.92 Å². The Hall–Kier alpha value is -3.22. The summed E-state index contributed by atoms with van der Waals surface area (Å²) in [5, 5.41) is 2.85. The standard InChI is InChI=1S/C20H22N2O5/c1-25-15-6-4-14(5-7-15)22-12-13(10-19(22)23)20(24)21-17-9-8-16(26-2)11-18(17)27-3/h4-9,11,13H,10,12H2,1-3H3,(H,21,24)/t13-/m0/s1. The van der Waals surface area contributed by atoms with Gasteiger partial charge in [-0.3, -0.25) is 9.59 Å². The summed E-state index contributed by atoms with van der Waals surface area (Å²) in [5.74, 6) is 1.10. The van der Waals surface area contributed by atoms with Crippen LogP contribution < -0.4 is 24.4 Å². The van der Waals surface area contributed by atoms with Crippen LogP contribution in [-0.4, -0.2) is 39.7 Å². The van der Waals surface area contributed by atoms with Crippen molar-refractivity contribution in [2.24, 2.45) is 5.92 Å². The monoisotopic (exact) mass is 370 g/mol. The topological polar surface area (TPSA) is 77.1 Å². The maximum absolute atomic E-state index is 12.7. The molecule has 2 aromatic carbocycles. The number of amides is 2. The Morgan fingerprint density at radius 2 is 1.67 bits per heavy atom.